The molecule has 1 aromatic carbocycles. The summed E-state index contributed by atoms with van der Waals surface area (Å²) in [4.78, 5) is 16.5. The quantitative estimate of drug-likeness (QED) is 0.932. The first kappa shape index (κ1) is 15.4. The molecule has 0 atom stereocenters. The van der Waals surface area contributed by atoms with Crippen molar-refractivity contribution >= 4 is 37.3 Å². The van der Waals surface area contributed by atoms with Gasteiger partial charge in [0.1, 0.15) is 9.84 Å². The third-order valence-corrected chi connectivity index (χ3v) is 6.68. The van der Waals surface area contributed by atoms with Crippen molar-refractivity contribution in [2.24, 2.45) is 0 Å². The van der Waals surface area contributed by atoms with Crippen molar-refractivity contribution in [3.63, 3.8) is 0 Å². The van der Waals surface area contributed by atoms with Gasteiger partial charge in [-0.15, -0.1) is 11.3 Å². The number of rotatable bonds is 3. The minimum absolute atomic E-state index is 0.0580. The molecular weight excluding hydrogens is 320 g/mol. The molecule has 22 heavy (non-hydrogen) atoms. The van der Waals surface area contributed by atoms with Crippen LogP contribution in [0, 0.1) is 0 Å². The maximum absolute atomic E-state index is 12.3. The number of nitrogens with zero attached hydrogens (tertiary/aromatic N) is 1. The number of aromatic nitrogens is 1. The lowest BCUT2D eigenvalue weighted by Crippen LogP contribution is -2.40. The van der Waals surface area contributed by atoms with Crippen molar-refractivity contribution in [3.05, 3.63) is 29.3 Å². The highest BCUT2D eigenvalue weighted by molar-refractivity contribution is 7.91. The Kier molecular flexibility index (Phi) is 4.18. The van der Waals surface area contributed by atoms with Gasteiger partial charge in [0.25, 0.3) is 5.91 Å². The van der Waals surface area contributed by atoms with E-state index in [-0.39, 0.29) is 17.2 Å². The highest BCUT2D eigenvalue weighted by Crippen LogP contribution is 2.24. The van der Waals surface area contributed by atoms with Crippen LogP contribution in [0.5, 0.6) is 0 Å². The molecule has 0 bridgehead atoms. The van der Waals surface area contributed by atoms with Gasteiger partial charge >= 0.3 is 0 Å². The van der Waals surface area contributed by atoms with E-state index >= 15 is 0 Å². The Labute approximate surface area is 133 Å². The van der Waals surface area contributed by atoms with Gasteiger partial charge in [-0.05, 0) is 43.9 Å². The Morgan fingerprint density at radius 1 is 1.27 bits per heavy atom. The van der Waals surface area contributed by atoms with Crippen LogP contribution in [0.25, 0.3) is 10.2 Å². The van der Waals surface area contributed by atoms with Crippen molar-refractivity contribution in [1.82, 2.24) is 10.3 Å². The molecule has 1 heterocycles. The van der Waals surface area contributed by atoms with Crippen LogP contribution in [0.2, 0.25) is 0 Å². The van der Waals surface area contributed by atoms with E-state index in [1.165, 1.54) is 17.6 Å². The molecule has 1 saturated carbocycles. The minimum atomic E-state index is -2.97. The van der Waals surface area contributed by atoms with Gasteiger partial charge < -0.3 is 5.32 Å². The van der Waals surface area contributed by atoms with E-state index in [2.05, 4.69) is 10.3 Å². The van der Waals surface area contributed by atoms with Gasteiger partial charge in [0.05, 0.1) is 21.0 Å². The highest BCUT2D eigenvalue weighted by Gasteiger charge is 2.28. The second-order valence-electron chi connectivity index (χ2n) is 5.81. The topological polar surface area (TPSA) is 76.1 Å². The fraction of sp³-hybridized carbons (Fsp3) is 0.467. The molecule has 0 aliphatic heterocycles. The van der Waals surface area contributed by atoms with Gasteiger partial charge in [-0.1, -0.05) is 0 Å². The first-order chi connectivity index (χ1) is 10.4. The van der Waals surface area contributed by atoms with Crippen molar-refractivity contribution in [3.8, 4) is 0 Å². The fourth-order valence-electron chi connectivity index (χ4n) is 2.90. The molecule has 3 rings (SSSR count). The first-order valence-corrected chi connectivity index (χ1v) is 10.1. The Balaban J connectivity index is 1.63. The van der Waals surface area contributed by atoms with E-state index in [0.29, 0.717) is 31.2 Å². The van der Waals surface area contributed by atoms with Crippen molar-refractivity contribution in [1.29, 1.82) is 0 Å². The number of thiazole rings is 1. The second kappa shape index (κ2) is 5.96. The molecule has 1 aromatic heterocycles. The standard InChI is InChI=1S/C15H18N2O3S2/c1-22(19,20)12-5-3-11(4-6-12)17-15(18)10-2-7-13-14(8-10)21-9-16-13/h2,7-9,11-12H,3-6H2,1H3,(H,17,18). The van der Waals surface area contributed by atoms with Gasteiger partial charge in [0, 0.05) is 17.9 Å². The normalized spacial score (nSPS) is 22.6. The van der Waals surface area contributed by atoms with E-state index < -0.39 is 9.84 Å². The summed E-state index contributed by atoms with van der Waals surface area (Å²) in [6, 6.07) is 5.54. The Bertz CT molecular complexity index is 790. The van der Waals surface area contributed by atoms with Crippen LogP contribution in [-0.2, 0) is 9.84 Å². The summed E-state index contributed by atoms with van der Waals surface area (Å²) in [5.41, 5.74) is 3.29. The molecule has 0 saturated heterocycles. The zero-order chi connectivity index (χ0) is 15.7. The van der Waals surface area contributed by atoms with Gasteiger partial charge in [-0.3, -0.25) is 4.79 Å². The van der Waals surface area contributed by atoms with E-state index in [9.17, 15) is 13.2 Å². The summed E-state index contributed by atoms with van der Waals surface area (Å²) >= 11 is 1.51. The monoisotopic (exact) mass is 338 g/mol. The minimum Gasteiger partial charge on any atom is -0.349 e. The number of amides is 1. The summed E-state index contributed by atoms with van der Waals surface area (Å²) < 4.78 is 24.1. The van der Waals surface area contributed by atoms with Crippen molar-refractivity contribution in [2.75, 3.05) is 6.26 Å². The molecule has 0 unspecified atom stereocenters. The van der Waals surface area contributed by atoms with E-state index in [1.54, 1.807) is 11.6 Å². The molecule has 1 amide bonds. The van der Waals surface area contributed by atoms with Crippen LogP contribution in [0.15, 0.2) is 23.7 Å². The van der Waals surface area contributed by atoms with Crippen molar-refractivity contribution in [2.45, 2.75) is 37.0 Å². The average Bonchev–Trinajstić information content (AvgIpc) is 2.94. The Morgan fingerprint density at radius 2 is 2.00 bits per heavy atom. The van der Waals surface area contributed by atoms with Crippen LogP contribution in [-0.4, -0.2) is 36.9 Å². The molecule has 1 aliphatic carbocycles. The number of sulfone groups is 1. The van der Waals surface area contributed by atoms with E-state index in [0.717, 1.165) is 10.2 Å². The SMILES string of the molecule is CS(=O)(=O)C1CCC(NC(=O)c2ccc3ncsc3c2)CC1. The summed E-state index contributed by atoms with van der Waals surface area (Å²) in [6.07, 6.45) is 3.97. The molecule has 7 heteroatoms. The highest BCUT2D eigenvalue weighted by atomic mass is 32.2. The maximum Gasteiger partial charge on any atom is 0.251 e. The molecule has 1 aliphatic rings. The van der Waals surface area contributed by atoms with Crippen LogP contribution in [0.4, 0.5) is 0 Å². The summed E-state index contributed by atoms with van der Waals surface area (Å²) in [5.74, 6) is -0.0990. The number of nitrogens with one attached hydrogen (secondary N) is 1. The average molecular weight is 338 g/mol. The third kappa shape index (κ3) is 3.30. The smallest absolute Gasteiger partial charge is 0.251 e. The zero-order valence-corrected chi connectivity index (χ0v) is 13.9. The van der Waals surface area contributed by atoms with Gasteiger partial charge in [0.2, 0.25) is 0 Å². The molecule has 118 valence electrons. The number of carbonyl (C=O) groups excluding carboxylic acids is 1. The number of fused-ring (bicyclic) bond motifs is 1. The largest absolute Gasteiger partial charge is 0.349 e. The lowest BCUT2D eigenvalue weighted by Gasteiger charge is -2.28. The third-order valence-electron chi connectivity index (χ3n) is 4.21. The second-order valence-corrected chi connectivity index (χ2v) is 9.02. The summed E-state index contributed by atoms with van der Waals surface area (Å²) in [5, 5.41) is 2.76. The molecule has 5 nitrogen and oxygen atoms in total. The maximum atomic E-state index is 12.3. The number of benzene rings is 1. The molecule has 0 radical (unpaired) electrons. The molecule has 0 spiro atoms. The Hall–Kier alpha value is -1.47. The summed E-state index contributed by atoms with van der Waals surface area (Å²) in [6.45, 7) is 0. The summed E-state index contributed by atoms with van der Waals surface area (Å²) in [7, 11) is -2.97. The van der Waals surface area contributed by atoms with Crippen LogP contribution in [0.3, 0.4) is 0 Å². The number of hydrogen-bond donors (Lipinski definition) is 1. The fourth-order valence-corrected chi connectivity index (χ4v) is 4.75. The lowest BCUT2D eigenvalue weighted by molar-refractivity contribution is 0.0928. The molecular formula is C15H18N2O3S2. The Morgan fingerprint density at radius 3 is 2.68 bits per heavy atom. The van der Waals surface area contributed by atoms with Gasteiger partial charge in [0.15, 0.2) is 0 Å². The van der Waals surface area contributed by atoms with Gasteiger partial charge in [-0.2, -0.15) is 0 Å². The predicted octanol–water partition coefficient (Wildman–Crippen LogP) is 2.38. The van der Waals surface area contributed by atoms with Gasteiger partial charge in [-0.25, -0.2) is 13.4 Å². The lowest BCUT2D eigenvalue weighted by atomic mass is 9.94. The number of carbonyl (C=O) groups is 1. The van der Waals surface area contributed by atoms with E-state index in [1.807, 2.05) is 12.1 Å². The number of hydrogen-bond acceptors (Lipinski definition) is 5. The predicted molar refractivity (Wildman–Crippen MR) is 88.0 cm³/mol. The molecule has 2 aromatic rings. The molecule has 1 fully saturated rings. The van der Waals surface area contributed by atoms with Crippen molar-refractivity contribution < 1.29 is 13.2 Å². The van der Waals surface area contributed by atoms with E-state index in [4.69, 9.17) is 0 Å². The van der Waals surface area contributed by atoms with Crippen LogP contribution in [0.1, 0.15) is 36.0 Å². The zero-order valence-electron chi connectivity index (χ0n) is 12.3. The van der Waals surface area contributed by atoms with Crippen LogP contribution >= 0.6 is 11.3 Å². The first-order valence-electron chi connectivity index (χ1n) is 7.26. The van der Waals surface area contributed by atoms with Crippen LogP contribution < -0.4 is 5.32 Å². The molecule has 1 N–H and O–H groups in total.